The first-order valence-corrected chi connectivity index (χ1v) is 12.0. The van der Waals surface area contributed by atoms with Crippen LogP contribution in [0.25, 0.3) is 16.8 Å². The summed E-state index contributed by atoms with van der Waals surface area (Å²) in [6, 6.07) is 10.3. The van der Waals surface area contributed by atoms with Crippen LogP contribution in [0.15, 0.2) is 55.0 Å². The van der Waals surface area contributed by atoms with Gasteiger partial charge in [0.25, 0.3) is 11.8 Å². The number of rotatable bonds is 4. The van der Waals surface area contributed by atoms with Crippen molar-refractivity contribution in [1.29, 1.82) is 0 Å². The maximum atomic E-state index is 14.1. The molecule has 3 heterocycles. The Kier molecular flexibility index (Phi) is 5.27. The molecule has 36 heavy (non-hydrogen) atoms. The number of carbonyl (C=O) groups excluding carboxylic acids is 2. The van der Waals surface area contributed by atoms with E-state index in [1.165, 1.54) is 24.5 Å². The third kappa shape index (κ3) is 3.71. The normalized spacial score (nSPS) is 18.3. The third-order valence-corrected chi connectivity index (χ3v) is 7.31. The number of benzene rings is 2. The number of aromatic nitrogens is 3. The number of halogens is 2. The maximum absolute atomic E-state index is 14.1. The number of nitrogens with one attached hydrogen (secondary N) is 2. The van der Waals surface area contributed by atoms with E-state index in [9.17, 15) is 19.1 Å². The van der Waals surface area contributed by atoms with E-state index in [2.05, 4.69) is 20.7 Å². The fourth-order valence-corrected chi connectivity index (χ4v) is 5.31. The Morgan fingerprint density at radius 1 is 1.17 bits per heavy atom. The molecule has 2 aliphatic rings. The molecule has 2 aromatic heterocycles. The van der Waals surface area contributed by atoms with Crippen LogP contribution < -0.4 is 10.6 Å². The zero-order valence-corrected chi connectivity index (χ0v) is 19.7. The van der Waals surface area contributed by atoms with Crippen molar-refractivity contribution in [3.05, 3.63) is 82.5 Å². The van der Waals surface area contributed by atoms with Gasteiger partial charge in [0, 0.05) is 39.2 Å². The van der Waals surface area contributed by atoms with E-state index >= 15 is 0 Å². The van der Waals surface area contributed by atoms with Crippen molar-refractivity contribution in [1.82, 2.24) is 19.9 Å². The van der Waals surface area contributed by atoms with Gasteiger partial charge in [0.1, 0.15) is 17.7 Å². The molecule has 3 N–H and O–H groups in total. The Balaban J connectivity index is 1.51. The summed E-state index contributed by atoms with van der Waals surface area (Å²) in [5.74, 6) is -1.41. The molecule has 1 aliphatic carbocycles. The first-order chi connectivity index (χ1) is 17.3. The highest BCUT2D eigenvalue weighted by atomic mass is 35.5. The maximum Gasteiger partial charge on any atom is 0.256 e. The molecular weight excluding hydrogens is 485 g/mol. The molecular formula is C26H21ClFN5O3. The molecule has 0 saturated heterocycles. The van der Waals surface area contributed by atoms with E-state index in [1.807, 2.05) is 6.07 Å². The number of aliphatic hydroxyl groups is 1. The number of amides is 2. The summed E-state index contributed by atoms with van der Waals surface area (Å²) >= 11 is 6.39. The van der Waals surface area contributed by atoms with Gasteiger partial charge in [-0.15, -0.1) is 0 Å². The average molecular weight is 506 g/mol. The molecule has 2 aromatic carbocycles. The lowest BCUT2D eigenvalue weighted by molar-refractivity contribution is -0.133. The molecule has 1 aliphatic heterocycles. The summed E-state index contributed by atoms with van der Waals surface area (Å²) in [5.41, 5.74) is 2.08. The molecule has 1 saturated carbocycles. The zero-order valence-electron chi connectivity index (χ0n) is 19.0. The molecule has 0 bridgehead atoms. The fourth-order valence-electron chi connectivity index (χ4n) is 5.09. The minimum atomic E-state index is -1.48. The average Bonchev–Trinajstić information content (AvgIpc) is 3.60. The summed E-state index contributed by atoms with van der Waals surface area (Å²) in [6.45, 7) is 0. The van der Waals surface area contributed by atoms with Crippen molar-refractivity contribution in [3.8, 4) is 11.1 Å². The monoisotopic (exact) mass is 505 g/mol. The van der Waals surface area contributed by atoms with Gasteiger partial charge in [0.15, 0.2) is 5.65 Å². The van der Waals surface area contributed by atoms with Crippen LogP contribution in [0.1, 0.15) is 53.2 Å². The second kappa shape index (κ2) is 8.39. The zero-order chi connectivity index (χ0) is 25.0. The van der Waals surface area contributed by atoms with Crippen LogP contribution in [0, 0.1) is 5.82 Å². The number of anilines is 1. The number of hydrogen-bond donors (Lipinski definition) is 3. The van der Waals surface area contributed by atoms with Crippen molar-refractivity contribution in [2.45, 2.75) is 37.3 Å². The number of pyridine rings is 1. The van der Waals surface area contributed by atoms with Crippen LogP contribution in [0.4, 0.5) is 10.1 Å². The summed E-state index contributed by atoms with van der Waals surface area (Å²) < 4.78 is 15.7. The summed E-state index contributed by atoms with van der Waals surface area (Å²) in [7, 11) is 0. The Morgan fingerprint density at radius 2 is 1.97 bits per heavy atom. The van der Waals surface area contributed by atoms with Gasteiger partial charge in [0.2, 0.25) is 0 Å². The van der Waals surface area contributed by atoms with Crippen LogP contribution >= 0.6 is 11.6 Å². The van der Waals surface area contributed by atoms with Crippen molar-refractivity contribution in [2.24, 2.45) is 0 Å². The first kappa shape index (κ1) is 22.6. The highest BCUT2D eigenvalue weighted by Gasteiger charge is 2.41. The van der Waals surface area contributed by atoms with Crippen molar-refractivity contribution in [2.75, 3.05) is 5.32 Å². The summed E-state index contributed by atoms with van der Waals surface area (Å²) in [4.78, 5) is 30.5. The van der Waals surface area contributed by atoms with Crippen LogP contribution in [-0.2, 0) is 4.79 Å². The Labute approximate surface area is 210 Å². The van der Waals surface area contributed by atoms with E-state index in [0.29, 0.717) is 46.4 Å². The van der Waals surface area contributed by atoms with E-state index < -0.39 is 23.4 Å². The van der Waals surface area contributed by atoms with Crippen LogP contribution in [-0.4, -0.2) is 37.1 Å². The highest BCUT2D eigenvalue weighted by Crippen LogP contribution is 2.42. The lowest BCUT2D eigenvalue weighted by atomic mass is 9.92. The molecule has 0 spiro atoms. The molecule has 0 radical (unpaired) electrons. The quantitative estimate of drug-likeness (QED) is 0.384. The number of fused-ring (bicyclic) bond motifs is 2. The summed E-state index contributed by atoms with van der Waals surface area (Å²) in [5, 5.41) is 21.1. The van der Waals surface area contributed by atoms with E-state index in [1.54, 1.807) is 28.9 Å². The van der Waals surface area contributed by atoms with Crippen LogP contribution in [0.5, 0.6) is 0 Å². The topological polar surface area (TPSA) is 109 Å². The number of hydrogen-bond acceptors (Lipinski definition) is 5. The SMILES string of the molecule is O=C1NC(c2cc(F)ccc2Cl)c2c(NC(=O)C3(O)CCCC3)cc(-c3ccc4ncnn4c3)cc21. The minimum Gasteiger partial charge on any atom is -0.380 e. The van der Waals surface area contributed by atoms with Gasteiger partial charge in [-0.2, -0.15) is 5.10 Å². The molecule has 2 amide bonds. The third-order valence-electron chi connectivity index (χ3n) is 6.97. The van der Waals surface area contributed by atoms with Gasteiger partial charge >= 0.3 is 0 Å². The van der Waals surface area contributed by atoms with Crippen molar-refractivity contribution >= 4 is 34.7 Å². The molecule has 8 nitrogen and oxygen atoms in total. The lowest BCUT2D eigenvalue weighted by Crippen LogP contribution is -2.40. The smallest absolute Gasteiger partial charge is 0.256 e. The summed E-state index contributed by atoms with van der Waals surface area (Å²) in [6.07, 6.45) is 5.44. The number of carbonyl (C=O) groups is 2. The molecule has 10 heteroatoms. The lowest BCUT2D eigenvalue weighted by Gasteiger charge is -2.24. The molecule has 1 fully saturated rings. The Hall–Kier alpha value is -3.82. The predicted molar refractivity (Wildman–Crippen MR) is 131 cm³/mol. The second-order valence-corrected chi connectivity index (χ2v) is 9.64. The van der Waals surface area contributed by atoms with E-state index in [4.69, 9.17) is 11.6 Å². The molecule has 6 rings (SSSR count). The van der Waals surface area contributed by atoms with Gasteiger partial charge in [-0.25, -0.2) is 13.9 Å². The molecule has 4 aromatic rings. The van der Waals surface area contributed by atoms with Crippen LogP contribution in [0.3, 0.4) is 0 Å². The van der Waals surface area contributed by atoms with Gasteiger partial charge in [-0.3, -0.25) is 9.59 Å². The van der Waals surface area contributed by atoms with Gasteiger partial charge in [0.05, 0.1) is 6.04 Å². The van der Waals surface area contributed by atoms with E-state index in [-0.39, 0.29) is 10.9 Å². The van der Waals surface area contributed by atoms with Crippen molar-refractivity contribution < 1.29 is 19.1 Å². The largest absolute Gasteiger partial charge is 0.380 e. The van der Waals surface area contributed by atoms with Gasteiger partial charge in [-0.1, -0.05) is 11.6 Å². The first-order valence-electron chi connectivity index (χ1n) is 11.6. The Bertz CT molecular complexity index is 1550. The molecule has 1 atom stereocenters. The second-order valence-electron chi connectivity index (χ2n) is 9.23. The van der Waals surface area contributed by atoms with Crippen molar-refractivity contribution in [3.63, 3.8) is 0 Å². The van der Waals surface area contributed by atoms with E-state index in [0.717, 1.165) is 18.4 Å². The van der Waals surface area contributed by atoms with Gasteiger partial charge in [-0.05, 0) is 73.7 Å². The molecule has 1 unspecified atom stereocenters. The standard InChI is InChI=1S/C26H21ClFN5O3/c27-19-5-4-16(28)11-17(19)23-22-18(24(34)32-23)9-15(14-3-6-21-29-13-30-33(21)12-14)10-20(22)31-25(35)26(36)7-1-2-8-26/h3-6,9-13,23,36H,1-2,7-8H2,(H,31,35)(H,32,34). The Morgan fingerprint density at radius 3 is 2.78 bits per heavy atom. The van der Waals surface area contributed by atoms with Gasteiger partial charge < -0.3 is 15.7 Å². The fraction of sp³-hybridized carbons (Fsp3) is 0.231. The minimum absolute atomic E-state index is 0.280. The van der Waals surface area contributed by atoms with Crippen LogP contribution in [0.2, 0.25) is 5.02 Å². The molecule has 182 valence electrons. The number of nitrogens with zero attached hydrogens (tertiary/aromatic N) is 3. The predicted octanol–water partition coefficient (Wildman–Crippen LogP) is 4.27. The highest BCUT2D eigenvalue weighted by molar-refractivity contribution is 6.31.